The van der Waals surface area contributed by atoms with Crippen LogP contribution in [0.1, 0.15) is 24.8 Å². The Hall–Kier alpha value is -1.16. The minimum atomic E-state index is -1.12. The van der Waals surface area contributed by atoms with Crippen molar-refractivity contribution in [3.8, 4) is 5.75 Å². The fourth-order valence-electron chi connectivity index (χ4n) is 1.41. The van der Waals surface area contributed by atoms with E-state index < -0.39 is 17.6 Å². The molecular formula is C11H11ClF2O2. The van der Waals surface area contributed by atoms with Gasteiger partial charge in [0.1, 0.15) is 6.29 Å². The third kappa shape index (κ3) is 2.32. The minimum Gasteiger partial charge on any atom is -0.492 e. The smallest absolute Gasteiger partial charge is 0.202 e. The van der Waals surface area contributed by atoms with Gasteiger partial charge in [0, 0.05) is 6.42 Å². The monoisotopic (exact) mass is 248 g/mol. The lowest BCUT2D eigenvalue weighted by Crippen LogP contribution is -2.03. The van der Waals surface area contributed by atoms with Gasteiger partial charge in [0.15, 0.2) is 11.6 Å². The van der Waals surface area contributed by atoms with Crippen LogP contribution in [0.2, 0.25) is 5.02 Å². The van der Waals surface area contributed by atoms with Crippen molar-refractivity contribution in [1.82, 2.24) is 0 Å². The Morgan fingerprint density at radius 3 is 2.62 bits per heavy atom. The average molecular weight is 249 g/mol. The molecule has 0 bridgehead atoms. The van der Waals surface area contributed by atoms with Crippen LogP contribution in [0.25, 0.3) is 0 Å². The van der Waals surface area contributed by atoms with Crippen LogP contribution >= 0.6 is 11.6 Å². The molecule has 1 aromatic rings. The number of halogens is 3. The zero-order chi connectivity index (χ0) is 12.3. The SMILES string of the molecule is COc1c(Cl)cc(C(C)CC=O)c(F)c1F. The second kappa shape index (κ2) is 5.25. The highest BCUT2D eigenvalue weighted by molar-refractivity contribution is 6.32. The van der Waals surface area contributed by atoms with Gasteiger partial charge in [-0.25, -0.2) is 4.39 Å². The van der Waals surface area contributed by atoms with Gasteiger partial charge in [-0.2, -0.15) is 4.39 Å². The first-order valence-electron chi connectivity index (χ1n) is 4.67. The maximum atomic E-state index is 13.6. The largest absolute Gasteiger partial charge is 0.492 e. The number of hydrogen-bond acceptors (Lipinski definition) is 2. The number of methoxy groups -OCH3 is 1. The van der Waals surface area contributed by atoms with Crippen LogP contribution in [0.4, 0.5) is 8.78 Å². The standard InChI is InChI=1S/C11H11ClF2O2/c1-6(3-4-15)7-5-8(12)11(16-2)10(14)9(7)13/h4-6H,3H2,1-2H3. The summed E-state index contributed by atoms with van der Waals surface area (Å²) < 4.78 is 31.7. The predicted molar refractivity (Wildman–Crippen MR) is 57.0 cm³/mol. The maximum Gasteiger partial charge on any atom is 0.202 e. The van der Waals surface area contributed by atoms with E-state index in [2.05, 4.69) is 4.74 Å². The van der Waals surface area contributed by atoms with Gasteiger partial charge in [-0.15, -0.1) is 0 Å². The summed E-state index contributed by atoms with van der Waals surface area (Å²) in [6.07, 6.45) is 0.763. The maximum absolute atomic E-state index is 13.6. The summed E-state index contributed by atoms with van der Waals surface area (Å²) in [6.45, 7) is 1.62. The van der Waals surface area contributed by atoms with Crippen LogP contribution < -0.4 is 4.74 Å². The van der Waals surface area contributed by atoms with Gasteiger partial charge >= 0.3 is 0 Å². The van der Waals surface area contributed by atoms with Gasteiger partial charge in [0.05, 0.1) is 12.1 Å². The van der Waals surface area contributed by atoms with Gasteiger partial charge in [-0.05, 0) is 17.5 Å². The molecule has 0 aliphatic carbocycles. The van der Waals surface area contributed by atoms with E-state index in [9.17, 15) is 13.6 Å². The highest BCUT2D eigenvalue weighted by Gasteiger charge is 2.21. The van der Waals surface area contributed by atoms with E-state index in [0.717, 1.165) is 0 Å². The first kappa shape index (κ1) is 12.9. The van der Waals surface area contributed by atoms with E-state index in [1.54, 1.807) is 6.92 Å². The lowest BCUT2D eigenvalue weighted by atomic mass is 9.97. The number of aldehydes is 1. The second-order valence-electron chi connectivity index (χ2n) is 3.41. The Morgan fingerprint density at radius 1 is 1.50 bits per heavy atom. The molecule has 0 N–H and O–H groups in total. The molecule has 5 heteroatoms. The normalized spacial score (nSPS) is 12.3. The molecule has 1 unspecified atom stereocenters. The van der Waals surface area contributed by atoms with Crippen molar-refractivity contribution in [1.29, 1.82) is 0 Å². The quantitative estimate of drug-likeness (QED) is 0.604. The summed E-state index contributed by atoms with van der Waals surface area (Å²) in [7, 11) is 1.21. The Bertz CT molecular complexity index is 407. The first-order chi connectivity index (χ1) is 7.52. The van der Waals surface area contributed by atoms with Crippen LogP contribution in [0.15, 0.2) is 6.07 Å². The number of carbonyl (C=O) groups is 1. The van der Waals surface area contributed by atoms with Gasteiger partial charge < -0.3 is 9.53 Å². The molecule has 0 amide bonds. The Labute approximate surface area is 97.2 Å². The summed E-state index contributed by atoms with van der Waals surface area (Å²) in [5.74, 6) is -2.88. The van der Waals surface area contributed by atoms with Gasteiger partial charge in [0.25, 0.3) is 0 Å². The number of hydrogen-bond donors (Lipinski definition) is 0. The van der Waals surface area contributed by atoms with Crippen LogP contribution in [-0.2, 0) is 4.79 Å². The van der Waals surface area contributed by atoms with Crippen molar-refractivity contribution < 1.29 is 18.3 Å². The number of ether oxygens (including phenoxy) is 1. The third-order valence-electron chi connectivity index (χ3n) is 2.33. The molecule has 0 heterocycles. The van der Waals surface area contributed by atoms with E-state index >= 15 is 0 Å². The molecule has 1 rings (SSSR count). The van der Waals surface area contributed by atoms with E-state index in [-0.39, 0.29) is 22.8 Å². The van der Waals surface area contributed by atoms with Gasteiger partial charge in [-0.1, -0.05) is 18.5 Å². The topological polar surface area (TPSA) is 26.3 Å². The molecule has 16 heavy (non-hydrogen) atoms. The molecule has 88 valence electrons. The van der Waals surface area contributed by atoms with E-state index in [0.29, 0.717) is 6.29 Å². The molecule has 0 saturated heterocycles. The van der Waals surface area contributed by atoms with E-state index in [4.69, 9.17) is 11.6 Å². The zero-order valence-electron chi connectivity index (χ0n) is 8.89. The van der Waals surface area contributed by atoms with Crippen molar-refractivity contribution in [3.05, 3.63) is 28.3 Å². The summed E-state index contributed by atoms with van der Waals surface area (Å²) in [5.41, 5.74) is 0.0791. The second-order valence-corrected chi connectivity index (χ2v) is 3.82. The zero-order valence-corrected chi connectivity index (χ0v) is 9.65. The molecule has 2 nitrogen and oxygen atoms in total. The minimum absolute atomic E-state index is 0.00542. The third-order valence-corrected chi connectivity index (χ3v) is 2.61. The Morgan fingerprint density at radius 2 is 2.12 bits per heavy atom. The molecule has 0 spiro atoms. The van der Waals surface area contributed by atoms with Crippen molar-refractivity contribution in [2.24, 2.45) is 0 Å². The van der Waals surface area contributed by atoms with Crippen LogP contribution in [0.5, 0.6) is 5.75 Å². The summed E-state index contributed by atoms with van der Waals surface area (Å²) in [6, 6.07) is 1.28. The Balaban J connectivity index is 3.27. The van der Waals surface area contributed by atoms with Crippen molar-refractivity contribution in [2.45, 2.75) is 19.3 Å². The fraction of sp³-hybridized carbons (Fsp3) is 0.364. The van der Waals surface area contributed by atoms with Crippen LogP contribution in [-0.4, -0.2) is 13.4 Å². The summed E-state index contributed by atoms with van der Waals surface area (Å²) in [4.78, 5) is 10.3. The number of rotatable bonds is 4. The van der Waals surface area contributed by atoms with Crippen molar-refractivity contribution >= 4 is 17.9 Å². The molecule has 0 fully saturated rings. The van der Waals surface area contributed by atoms with Crippen LogP contribution in [0.3, 0.4) is 0 Å². The first-order valence-corrected chi connectivity index (χ1v) is 5.05. The summed E-state index contributed by atoms with van der Waals surface area (Å²) in [5, 5.41) is -0.00542. The highest BCUT2D eigenvalue weighted by Crippen LogP contribution is 2.34. The lowest BCUT2D eigenvalue weighted by molar-refractivity contribution is -0.108. The van der Waals surface area contributed by atoms with Crippen molar-refractivity contribution in [2.75, 3.05) is 7.11 Å². The lowest BCUT2D eigenvalue weighted by Gasteiger charge is -2.13. The summed E-state index contributed by atoms with van der Waals surface area (Å²) >= 11 is 5.73. The number of carbonyl (C=O) groups excluding carboxylic acids is 1. The molecule has 0 aliphatic heterocycles. The molecule has 0 aliphatic rings. The molecule has 0 saturated carbocycles. The molecular weight excluding hydrogens is 238 g/mol. The predicted octanol–water partition coefficient (Wildman–Crippen LogP) is 3.32. The molecule has 1 atom stereocenters. The molecule has 1 aromatic carbocycles. The Kier molecular flexibility index (Phi) is 4.24. The fourth-order valence-corrected chi connectivity index (χ4v) is 1.69. The molecule has 0 radical (unpaired) electrons. The van der Waals surface area contributed by atoms with Gasteiger partial charge in [-0.3, -0.25) is 0 Å². The average Bonchev–Trinajstić information content (AvgIpc) is 2.24. The van der Waals surface area contributed by atoms with E-state index in [1.807, 2.05) is 0 Å². The highest BCUT2D eigenvalue weighted by atomic mass is 35.5. The van der Waals surface area contributed by atoms with Gasteiger partial charge in [0.2, 0.25) is 5.82 Å². The number of benzene rings is 1. The van der Waals surface area contributed by atoms with Crippen LogP contribution in [0, 0.1) is 11.6 Å². The molecule has 0 aromatic heterocycles. The van der Waals surface area contributed by atoms with E-state index in [1.165, 1.54) is 13.2 Å². The van der Waals surface area contributed by atoms with Crippen molar-refractivity contribution in [3.63, 3.8) is 0 Å².